The SMILES string of the molecule is Nc1cnn(CCCCS(=O)(=O)O)n1. The Kier molecular flexibility index (Phi) is 3.42. The summed E-state index contributed by atoms with van der Waals surface area (Å²) in [5.41, 5.74) is 5.32. The number of rotatable bonds is 5. The Balaban J connectivity index is 2.23. The zero-order valence-corrected chi connectivity index (χ0v) is 8.31. The molecule has 0 fully saturated rings. The average Bonchev–Trinajstić information content (AvgIpc) is 2.44. The summed E-state index contributed by atoms with van der Waals surface area (Å²) < 4.78 is 29.1. The molecule has 0 spiro atoms. The summed E-state index contributed by atoms with van der Waals surface area (Å²) in [6.07, 6.45) is 2.37. The molecule has 0 unspecified atom stereocenters. The first-order valence-corrected chi connectivity index (χ1v) is 5.69. The minimum absolute atomic E-state index is 0.232. The lowest BCUT2D eigenvalue weighted by Crippen LogP contribution is -2.07. The fraction of sp³-hybridized carbons (Fsp3) is 0.667. The van der Waals surface area contributed by atoms with Gasteiger partial charge in [-0.15, -0.1) is 5.10 Å². The number of unbranched alkanes of at least 4 members (excludes halogenated alkanes) is 1. The average molecular weight is 220 g/mol. The van der Waals surface area contributed by atoms with Gasteiger partial charge in [0.25, 0.3) is 10.1 Å². The number of anilines is 1. The molecule has 3 N–H and O–H groups in total. The standard InChI is InChI=1S/C6H12N4O3S/c7-6-5-8-10(9-6)3-1-2-4-14(11,12)13/h5H,1-4H2,(H2,7,9)(H,11,12,13). The molecule has 0 bridgehead atoms. The number of aromatic nitrogens is 3. The fourth-order valence-corrected chi connectivity index (χ4v) is 1.53. The van der Waals surface area contributed by atoms with Crippen molar-refractivity contribution >= 4 is 15.9 Å². The van der Waals surface area contributed by atoms with Crippen molar-refractivity contribution in [2.75, 3.05) is 11.5 Å². The molecule has 0 aliphatic heterocycles. The molecular formula is C6H12N4O3S. The Morgan fingerprint density at radius 1 is 1.50 bits per heavy atom. The van der Waals surface area contributed by atoms with Crippen LogP contribution in [0.15, 0.2) is 6.20 Å². The summed E-state index contributed by atoms with van der Waals surface area (Å²) in [6, 6.07) is 0. The van der Waals surface area contributed by atoms with Crippen molar-refractivity contribution in [3.63, 3.8) is 0 Å². The topological polar surface area (TPSA) is 111 Å². The van der Waals surface area contributed by atoms with Crippen molar-refractivity contribution in [3.05, 3.63) is 6.20 Å². The lowest BCUT2D eigenvalue weighted by atomic mass is 10.3. The van der Waals surface area contributed by atoms with Gasteiger partial charge < -0.3 is 5.73 Å². The summed E-state index contributed by atoms with van der Waals surface area (Å²) in [7, 11) is -3.85. The second-order valence-electron chi connectivity index (χ2n) is 2.86. The van der Waals surface area contributed by atoms with E-state index >= 15 is 0 Å². The van der Waals surface area contributed by atoms with Gasteiger partial charge >= 0.3 is 0 Å². The molecule has 0 atom stereocenters. The van der Waals surface area contributed by atoms with E-state index in [4.69, 9.17) is 10.3 Å². The second kappa shape index (κ2) is 4.38. The maximum atomic E-state index is 10.3. The van der Waals surface area contributed by atoms with Gasteiger partial charge in [0.05, 0.1) is 18.5 Å². The summed E-state index contributed by atoms with van der Waals surface area (Å²) in [5, 5.41) is 7.63. The molecule has 0 saturated heterocycles. The minimum Gasteiger partial charge on any atom is -0.381 e. The summed E-state index contributed by atoms with van der Waals surface area (Å²) in [5.74, 6) is 0.101. The molecule has 0 aliphatic carbocycles. The van der Waals surface area contributed by atoms with Crippen LogP contribution in [0.2, 0.25) is 0 Å². The third-order valence-corrected chi connectivity index (χ3v) is 2.37. The molecule has 0 aromatic carbocycles. The third-order valence-electron chi connectivity index (χ3n) is 1.56. The second-order valence-corrected chi connectivity index (χ2v) is 4.43. The Morgan fingerprint density at radius 2 is 2.21 bits per heavy atom. The van der Waals surface area contributed by atoms with E-state index in [-0.39, 0.29) is 5.75 Å². The maximum absolute atomic E-state index is 10.3. The van der Waals surface area contributed by atoms with Crippen LogP contribution in [0.5, 0.6) is 0 Å². The summed E-state index contributed by atoms with van der Waals surface area (Å²) in [6.45, 7) is 0.493. The highest BCUT2D eigenvalue weighted by Gasteiger charge is 2.03. The monoisotopic (exact) mass is 220 g/mol. The molecular weight excluding hydrogens is 208 g/mol. The molecule has 0 radical (unpaired) electrons. The first-order valence-electron chi connectivity index (χ1n) is 4.08. The number of nitrogens with zero attached hydrogens (tertiary/aromatic N) is 3. The Hall–Kier alpha value is -1.15. The van der Waals surface area contributed by atoms with Crippen LogP contribution >= 0.6 is 0 Å². The highest BCUT2D eigenvalue weighted by Crippen LogP contribution is 1.97. The number of nitrogen functional groups attached to an aromatic ring is 1. The van der Waals surface area contributed by atoms with Gasteiger partial charge in [0, 0.05) is 0 Å². The molecule has 0 aliphatic rings. The number of hydrogen-bond acceptors (Lipinski definition) is 5. The minimum atomic E-state index is -3.85. The van der Waals surface area contributed by atoms with Crippen LogP contribution in [0, 0.1) is 0 Å². The summed E-state index contributed by atoms with van der Waals surface area (Å²) >= 11 is 0. The van der Waals surface area contributed by atoms with Gasteiger partial charge in [-0.2, -0.15) is 18.3 Å². The molecule has 1 heterocycles. The van der Waals surface area contributed by atoms with Gasteiger partial charge in [-0.1, -0.05) is 0 Å². The van der Waals surface area contributed by atoms with E-state index in [2.05, 4.69) is 10.2 Å². The number of hydrogen-bond donors (Lipinski definition) is 2. The van der Waals surface area contributed by atoms with E-state index in [0.29, 0.717) is 25.2 Å². The normalized spacial score (nSPS) is 11.8. The van der Waals surface area contributed by atoms with Crippen LogP contribution in [0.4, 0.5) is 5.82 Å². The fourth-order valence-electron chi connectivity index (χ4n) is 0.956. The molecule has 0 amide bonds. The van der Waals surface area contributed by atoms with Crippen molar-refractivity contribution in [2.45, 2.75) is 19.4 Å². The van der Waals surface area contributed by atoms with Crippen molar-refractivity contribution in [2.24, 2.45) is 0 Å². The van der Waals surface area contributed by atoms with E-state index in [1.807, 2.05) is 0 Å². The first-order chi connectivity index (χ1) is 6.47. The van der Waals surface area contributed by atoms with E-state index in [9.17, 15) is 8.42 Å². The van der Waals surface area contributed by atoms with E-state index in [1.165, 1.54) is 11.0 Å². The van der Waals surface area contributed by atoms with Crippen LogP contribution < -0.4 is 5.73 Å². The van der Waals surface area contributed by atoms with Gasteiger partial charge in [0.1, 0.15) is 0 Å². The number of nitrogens with two attached hydrogens (primary N) is 1. The molecule has 14 heavy (non-hydrogen) atoms. The molecule has 7 nitrogen and oxygen atoms in total. The van der Waals surface area contributed by atoms with Crippen molar-refractivity contribution in [3.8, 4) is 0 Å². The summed E-state index contributed by atoms with van der Waals surface area (Å²) in [4.78, 5) is 1.39. The van der Waals surface area contributed by atoms with E-state index in [1.54, 1.807) is 0 Å². The van der Waals surface area contributed by atoms with Crippen LogP contribution in [0.3, 0.4) is 0 Å². The quantitative estimate of drug-likeness (QED) is 0.512. The van der Waals surface area contributed by atoms with Crippen LogP contribution in [-0.4, -0.2) is 33.7 Å². The highest BCUT2D eigenvalue weighted by atomic mass is 32.2. The largest absolute Gasteiger partial charge is 0.381 e. The molecule has 0 saturated carbocycles. The molecule has 80 valence electrons. The molecule has 8 heteroatoms. The van der Waals surface area contributed by atoms with Crippen LogP contribution in [0.1, 0.15) is 12.8 Å². The molecule has 1 aromatic rings. The third kappa shape index (κ3) is 4.19. The predicted molar refractivity (Wildman–Crippen MR) is 50.1 cm³/mol. The van der Waals surface area contributed by atoms with Crippen LogP contribution in [-0.2, 0) is 16.7 Å². The zero-order chi connectivity index (χ0) is 10.6. The van der Waals surface area contributed by atoms with Gasteiger partial charge in [0.2, 0.25) is 0 Å². The van der Waals surface area contributed by atoms with Crippen molar-refractivity contribution in [1.29, 1.82) is 0 Å². The molecule has 1 aromatic heterocycles. The molecule has 1 rings (SSSR count). The maximum Gasteiger partial charge on any atom is 0.264 e. The van der Waals surface area contributed by atoms with Crippen molar-refractivity contribution in [1.82, 2.24) is 15.0 Å². The van der Waals surface area contributed by atoms with Gasteiger partial charge in [-0.05, 0) is 12.8 Å². The zero-order valence-electron chi connectivity index (χ0n) is 7.50. The first kappa shape index (κ1) is 10.9. The van der Waals surface area contributed by atoms with E-state index < -0.39 is 10.1 Å². The van der Waals surface area contributed by atoms with Gasteiger partial charge in [-0.3, -0.25) is 4.55 Å². The Morgan fingerprint density at radius 3 is 2.71 bits per heavy atom. The Labute approximate surface area is 81.7 Å². The van der Waals surface area contributed by atoms with E-state index in [0.717, 1.165) is 0 Å². The van der Waals surface area contributed by atoms with Crippen molar-refractivity contribution < 1.29 is 13.0 Å². The number of aryl methyl sites for hydroxylation is 1. The smallest absolute Gasteiger partial charge is 0.264 e. The lowest BCUT2D eigenvalue weighted by molar-refractivity contribution is 0.471. The highest BCUT2D eigenvalue weighted by molar-refractivity contribution is 7.85. The van der Waals surface area contributed by atoms with Gasteiger partial charge in [-0.25, -0.2) is 0 Å². The van der Waals surface area contributed by atoms with Crippen LogP contribution in [0.25, 0.3) is 0 Å². The Bertz CT molecular complexity index is 386. The lowest BCUT2D eigenvalue weighted by Gasteiger charge is -1.98. The van der Waals surface area contributed by atoms with Gasteiger partial charge in [0.15, 0.2) is 5.82 Å². The predicted octanol–water partition coefficient (Wildman–Crippen LogP) is -0.472.